The average molecular weight is 364 g/mol. The van der Waals surface area contributed by atoms with E-state index in [0.717, 1.165) is 6.07 Å². The third-order valence-electron chi connectivity index (χ3n) is 4.56. The molecule has 4 rings (SSSR count). The molecule has 0 aromatic carbocycles. The fraction of sp³-hybridized carbons (Fsp3) is 0.375. The molecule has 136 valence electrons. The SMILES string of the molecule is O=C(c1cnn2ncccc12)N1CCC(n2ccc(C(F)(F)F)n2)CC1. The van der Waals surface area contributed by atoms with Crippen molar-refractivity contribution in [3.8, 4) is 0 Å². The lowest BCUT2D eigenvalue weighted by molar-refractivity contribution is -0.141. The first-order chi connectivity index (χ1) is 12.4. The van der Waals surface area contributed by atoms with Gasteiger partial charge in [-0.1, -0.05) is 0 Å². The Kier molecular flexibility index (Phi) is 3.89. The van der Waals surface area contributed by atoms with E-state index in [2.05, 4.69) is 15.3 Å². The Morgan fingerprint density at radius 3 is 2.62 bits per heavy atom. The summed E-state index contributed by atoms with van der Waals surface area (Å²) in [7, 11) is 0. The van der Waals surface area contributed by atoms with Crippen LogP contribution in [-0.2, 0) is 6.18 Å². The van der Waals surface area contributed by atoms with Crippen LogP contribution in [0.1, 0.15) is 34.9 Å². The standard InChI is InChI=1S/C16H15F3N6O/c17-16(18,19)14-5-9-24(22-14)11-3-7-23(8-4-11)15(26)12-10-21-25-13(12)2-1-6-20-25/h1-2,5-6,9-11H,3-4,7-8H2. The van der Waals surface area contributed by atoms with Crippen LogP contribution in [0, 0.1) is 0 Å². The molecule has 0 aliphatic carbocycles. The molecule has 0 unspecified atom stereocenters. The molecule has 3 aromatic heterocycles. The maximum absolute atomic E-state index is 12.7. The predicted molar refractivity (Wildman–Crippen MR) is 84.4 cm³/mol. The molecule has 0 N–H and O–H groups in total. The van der Waals surface area contributed by atoms with E-state index in [4.69, 9.17) is 0 Å². The van der Waals surface area contributed by atoms with Crippen molar-refractivity contribution in [1.29, 1.82) is 0 Å². The lowest BCUT2D eigenvalue weighted by atomic mass is 10.0. The van der Waals surface area contributed by atoms with Crippen molar-refractivity contribution < 1.29 is 18.0 Å². The summed E-state index contributed by atoms with van der Waals surface area (Å²) in [6.45, 7) is 0.893. The highest BCUT2D eigenvalue weighted by atomic mass is 19.4. The summed E-state index contributed by atoms with van der Waals surface area (Å²) >= 11 is 0. The minimum atomic E-state index is -4.44. The molecule has 0 radical (unpaired) electrons. The van der Waals surface area contributed by atoms with E-state index in [1.165, 1.54) is 21.7 Å². The Labute approximate surface area is 146 Å². The molecular formula is C16H15F3N6O. The van der Waals surface area contributed by atoms with E-state index < -0.39 is 11.9 Å². The van der Waals surface area contributed by atoms with Gasteiger partial charge in [-0.3, -0.25) is 9.48 Å². The van der Waals surface area contributed by atoms with Crippen molar-refractivity contribution in [3.05, 3.63) is 48.0 Å². The number of carbonyl (C=O) groups excluding carboxylic acids is 1. The van der Waals surface area contributed by atoms with Gasteiger partial charge in [0, 0.05) is 25.5 Å². The van der Waals surface area contributed by atoms with Gasteiger partial charge in [0.15, 0.2) is 5.69 Å². The van der Waals surface area contributed by atoms with Crippen LogP contribution in [0.5, 0.6) is 0 Å². The highest BCUT2D eigenvalue weighted by molar-refractivity contribution is 6.00. The highest BCUT2D eigenvalue weighted by Gasteiger charge is 2.34. The first kappa shape index (κ1) is 16.6. The molecular weight excluding hydrogens is 349 g/mol. The molecule has 0 atom stereocenters. The van der Waals surface area contributed by atoms with Gasteiger partial charge in [0.05, 0.1) is 17.8 Å². The molecule has 1 fully saturated rings. The molecule has 1 saturated heterocycles. The third kappa shape index (κ3) is 2.91. The molecule has 0 spiro atoms. The largest absolute Gasteiger partial charge is 0.435 e. The van der Waals surface area contributed by atoms with Gasteiger partial charge in [-0.05, 0) is 31.0 Å². The van der Waals surface area contributed by atoms with Gasteiger partial charge in [-0.15, -0.1) is 0 Å². The summed E-state index contributed by atoms with van der Waals surface area (Å²) in [6.07, 6.45) is 1.06. The minimum absolute atomic E-state index is 0.150. The van der Waals surface area contributed by atoms with E-state index in [-0.39, 0.29) is 11.9 Å². The number of piperidine rings is 1. The summed E-state index contributed by atoms with van der Waals surface area (Å²) in [4.78, 5) is 14.4. The maximum Gasteiger partial charge on any atom is 0.435 e. The number of aromatic nitrogens is 5. The Hall–Kier alpha value is -2.91. The lowest BCUT2D eigenvalue weighted by Crippen LogP contribution is -2.39. The van der Waals surface area contributed by atoms with Crippen molar-refractivity contribution >= 4 is 11.4 Å². The monoisotopic (exact) mass is 364 g/mol. The number of hydrogen-bond donors (Lipinski definition) is 0. The molecule has 1 amide bonds. The van der Waals surface area contributed by atoms with Crippen LogP contribution in [-0.4, -0.2) is 48.5 Å². The normalized spacial score (nSPS) is 16.3. The van der Waals surface area contributed by atoms with E-state index >= 15 is 0 Å². The lowest BCUT2D eigenvalue weighted by Gasteiger charge is -2.32. The molecule has 0 saturated carbocycles. The van der Waals surface area contributed by atoms with Crippen LogP contribution in [0.2, 0.25) is 0 Å². The number of halogens is 3. The van der Waals surface area contributed by atoms with E-state index in [1.54, 1.807) is 23.2 Å². The molecule has 10 heteroatoms. The maximum atomic E-state index is 12.7. The van der Waals surface area contributed by atoms with Crippen LogP contribution < -0.4 is 0 Å². The first-order valence-electron chi connectivity index (χ1n) is 8.14. The number of rotatable bonds is 2. The second-order valence-corrected chi connectivity index (χ2v) is 6.16. The number of likely N-dealkylation sites (tertiary alicyclic amines) is 1. The van der Waals surface area contributed by atoms with Crippen LogP contribution in [0.4, 0.5) is 13.2 Å². The first-order valence-corrected chi connectivity index (χ1v) is 8.14. The zero-order chi connectivity index (χ0) is 18.3. The van der Waals surface area contributed by atoms with Crippen LogP contribution in [0.25, 0.3) is 5.52 Å². The van der Waals surface area contributed by atoms with Crippen LogP contribution in [0.3, 0.4) is 0 Å². The van der Waals surface area contributed by atoms with Gasteiger partial charge in [0.25, 0.3) is 5.91 Å². The Balaban J connectivity index is 1.45. The molecule has 4 heterocycles. The molecule has 3 aromatic rings. The van der Waals surface area contributed by atoms with Gasteiger partial charge in [0.1, 0.15) is 5.52 Å². The summed E-state index contributed by atoms with van der Waals surface area (Å²) in [5.41, 5.74) is 0.200. The smallest absolute Gasteiger partial charge is 0.338 e. The zero-order valence-corrected chi connectivity index (χ0v) is 13.6. The van der Waals surface area contributed by atoms with E-state index in [0.29, 0.717) is 37.0 Å². The van der Waals surface area contributed by atoms with Crippen molar-refractivity contribution in [2.75, 3.05) is 13.1 Å². The van der Waals surface area contributed by atoms with Crippen molar-refractivity contribution in [3.63, 3.8) is 0 Å². The Morgan fingerprint density at radius 2 is 1.92 bits per heavy atom. The number of fused-ring (bicyclic) bond motifs is 1. The predicted octanol–water partition coefficient (Wildman–Crippen LogP) is 2.42. The van der Waals surface area contributed by atoms with Crippen molar-refractivity contribution in [2.24, 2.45) is 0 Å². The number of nitrogens with zero attached hydrogens (tertiary/aromatic N) is 6. The summed E-state index contributed by atoms with van der Waals surface area (Å²) in [5.74, 6) is -0.150. The molecule has 0 bridgehead atoms. The average Bonchev–Trinajstić information content (AvgIpc) is 3.28. The summed E-state index contributed by atoms with van der Waals surface area (Å²) < 4.78 is 40.8. The topological polar surface area (TPSA) is 68.3 Å². The number of carbonyl (C=O) groups is 1. The number of hydrogen-bond acceptors (Lipinski definition) is 4. The Bertz CT molecular complexity index is 939. The fourth-order valence-electron chi connectivity index (χ4n) is 3.19. The number of amides is 1. The zero-order valence-electron chi connectivity index (χ0n) is 13.6. The molecule has 7 nitrogen and oxygen atoms in total. The highest BCUT2D eigenvalue weighted by Crippen LogP contribution is 2.30. The van der Waals surface area contributed by atoms with Gasteiger partial charge in [-0.25, -0.2) is 0 Å². The van der Waals surface area contributed by atoms with Crippen molar-refractivity contribution in [1.82, 2.24) is 29.5 Å². The minimum Gasteiger partial charge on any atom is -0.338 e. The molecule has 26 heavy (non-hydrogen) atoms. The van der Waals surface area contributed by atoms with E-state index in [1.807, 2.05) is 0 Å². The van der Waals surface area contributed by atoms with Gasteiger partial charge < -0.3 is 4.90 Å². The van der Waals surface area contributed by atoms with Gasteiger partial charge in [0.2, 0.25) is 0 Å². The molecule has 1 aliphatic rings. The van der Waals surface area contributed by atoms with Crippen molar-refractivity contribution in [2.45, 2.75) is 25.1 Å². The second kappa shape index (κ2) is 6.11. The second-order valence-electron chi connectivity index (χ2n) is 6.16. The van der Waals surface area contributed by atoms with Crippen LogP contribution in [0.15, 0.2) is 36.8 Å². The molecule has 1 aliphatic heterocycles. The third-order valence-corrected chi connectivity index (χ3v) is 4.56. The van der Waals surface area contributed by atoms with Gasteiger partial charge >= 0.3 is 6.18 Å². The van der Waals surface area contributed by atoms with Crippen LogP contribution >= 0.6 is 0 Å². The summed E-state index contributed by atoms with van der Waals surface area (Å²) in [6, 6.07) is 4.32. The van der Waals surface area contributed by atoms with E-state index in [9.17, 15) is 18.0 Å². The fourth-order valence-corrected chi connectivity index (χ4v) is 3.19. The number of alkyl halides is 3. The van der Waals surface area contributed by atoms with Gasteiger partial charge in [-0.2, -0.15) is 33.1 Å². The summed E-state index contributed by atoms with van der Waals surface area (Å²) in [5, 5.41) is 11.7. The Morgan fingerprint density at radius 1 is 1.15 bits per heavy atom. The quantitative estimate of drug-likeness (QED) is 0.700.